The van der Waals surface area contributed by atoms with Crippen molar-refractivity contribution >= 4 is 23.4 Å². The molecule has 140 valence electrons. The van der Waals surface area contributed by atoms with Gasteiger partial charge in [0, 0.05) is 12.2 Å². The molecule has 1 amide bonds. The highest BCUT2D eigenvalue weighted by molar-refractivity contribution is 8.00. The number of hydrogen-bond acceptors (Lipinski definition) is 4. The third-order valence-electron chi connectivity index (χ3n) is 4.05. The smallest absolute Gasteiger partial charge is 0.325 e. The van der Waals surface area contributed by atoms with Crippen molar-refractivity contribution in [2.45, 2.75) is 37.2 Å². The van der Waals surface area contributed by atoms with E-state index in [1.807, 2.05) is 68.4 Å². The van der Waals surface area contributed by atoms with Gasteiger partial charge in [-0.3, -0.25) is 9.36 Å². The molecule has 1 heterocycles. The van der Waals surface area contributed by atoms with E-state index in [-0.39, 0.29) is 11.6 Å². The monoisotopic (exact) mass is 382 g/mol. The van der Waals surface area contributed by atoms with Crippen LogP contribution in [0.1, 0.15) is 29.7 Å². The first-order chi connectivity index (χ1) is 13.1. The molecule has 2 aromatic carbocycles. The summed E-state index contributed by atoms with van der Waals surface area (Å²) in [5, 5.41) is 9.53. The Bertz CT molecular complexity index is 948. The molecule has 0 spiro atoms. The summed E-state index contributed by atoms with van der Waals surface area (Å²) in [6, 6.07) is 17.2. The first-order valence-electron chi connectivity index (χ1n) is 8.83. The molecule has 0 saturated carbocycles. The van der Waals surface area contributed by atoms with Crippen molar-refractivity contribution in [1.29, 1.82) is 0 Å². The normalized spacial score (nSPS) is 11.9. The molecule has 0 aliphatic rings. The maximum Gasteiger partial charge on any atom is 0.343 e. The predicted molar refractivity (Wildman–Crippen MR) is 108 cm³/mol. The number of carbonyl (C=O) groups excluding carboxylic acids is 1. The summed E-state index contributed by atoms with van der Waals surface area (Å²) in [7, 11) is 0. The molecule has 0 aliphatic carbocycles. The second-order valence-electron chi connectivity index (χ2n) is 6.23. The highest BCUT2D eigenvalue weighted by Gasteiger charge is 2.25. The van der Waals surface area contributed by atoms with E-state index in [0.717, 1.165) is 23.2 Å². The van der Waals surface area contributed by atoms with E-state index in [1.54, 1.807) is 4.57 Å². The lowest BCUT2D eigenvalue weighted by Gasteiger charge is -2.17. The van der Waals surface area contributed by atoms with Crippen LogP contribution in [0.3, 0.4) is 0 Å². The first kappa shape index (κ1) is 19.0. The average Bonchev–Trinajstić information content (AvgIpc) is 3.02. The summed E-state index contributed by atoms with van der Waals surface area (Å²) in [6.07, 6.45) is 0.804. The molecule has 1 aromatic heterocycles. The minimum atomic E-state index is -0.529. The second-order valence-corrected chi connectivity index (χ2v) is 7.30. The number of amides is 1. The van der Waals surface area contributed by atoms with Crippen LogP contribution in [0.2, 0.25) is 0 Å². The van der Waals surface area contributed by atoms with Gasteiger partial charge in [-0.05, 0) is 31.0 Å². The zero-order valence-electron chi connectivity index (χ0n) is 15.3. The number of aryl methyl sites for hydroxylation is 1. The average molecular weight is 382 g/mol. The van der Waals surface area contributed by atoms with E-state index in [2.05, 4.69) is 15.5 Å². The fourth-order valence-corrected chi connectivity index (χ4v) is 3.73. The molecule has 3 rings (SSSR count). The minimum Gasteiger partial charge on any atom is -0.325 e. The topological polar surface area (TPSA) is 79.8 Å². The molecule has 0 radical (unpaired) electrons. The van der Waals surface area contributed by atoms with Gasteiger partial charge in [0.1, 0.15) is 5.25 Å². The van der Waals surface area contributed by atoms with Crippen LogP contribution in [0.4, 0.5) is 5.69 Å². The summed E-state index contributed by atoms with van der Waals surface area (Å²) in [5.41, 5.74) is 2.46. The predicted octanol–water partition coefficient (Wildman–Crippen LogP) is 3.76. The van der Waals surface area contributed by atoms with E-state index < -0.39 is 5.25 Å². The maximum atomic E-state index is 13.0. The lowest BCUT2D eigenvalue weighted by Crippen LogP contribution is -2.21. The Labute approximate surface area is 162 Å². The zero-order valence-corrected chi connectivity index (χ0v) is 16.1. The van der Waals surface area contributed by atoms with Crippen molar-refractivity contribution in [3.63, 3.8) is 0 Å². The molecule has 7 heteroatoms. The lowest BCUT2D eigenvalue weighted by molar-refractivity contribution is -0.115. The summed E-state index contributed by atoms with van der Waals surface area (Å²) < 4.78 is 1.57. The van der Waals surface area contributed by atoms with Crippen LogP contribution in [0.5, 0.6) is 0 Å². The maximum absolute atomic E-state index is 13.0. The van der Waals surface area contributed by atoms with Gasteiger partial charge in [-0.1, -0.05) is 66.7 Å². The Balaban J connectivity index is 1.88. The number of thioether (sulfide) groups is 1. The van der Waals surface area contributed by atoms with E-state index in [1.165, 1.54) is 11.8 Å². The fraction of sp³-hybridized carbons (Fsp3) is 0.250. The van der Waals surface area contributed by atoms with Crippen LogP contribution in [-0.2, 0) is 11.3 Å². The Hall–Kier alpha value is -2.80. The molecule has 6 nitrogen and oxygen atoms in total. The van der Waals surface area contributed by atoms with Crippen molar-refractivity contribution < 1.29 is 4.79 Å². The van der Waals surface area contributed by atoms with Gasteiger partial charge in [0.2, 0.25) is 5.91 Å². The molecule has 27 heavy (non-hydrogen) atoms. The van der Waals surface area contributed by atoms with Crippen molar-refractivity contribution in [2.24, 2.45) is 0 Å². The van der Waals surface area contributed by atoms with Crippen molar-refractivity contribution in [2.75, 3.05) is 5.32 Å². The molecular formula is C20H22N4O2S. The molecule has 0 aliphatic heterocycles. The third kappa shape index (κ3) is 4.68. The summed E-state index contributed by atoms with van der Waals surface area (Å²) in [4.78, 5) is 25.0. The molecule has 0 saturated heterocycles. The number of anilines is 1. The number of H-pyrrole nitrogens is 1. The number of benzene rings is 2. The number of aromatic nitrogens is 3. The SMILES string of the molecule is CCCn1c(S[C@H](C(=O)Nc2ccc(C)cc2)c2ccccc2)n[nH]c1=O. The number of rotatable bonds is 7. The van der Waals surface area contributed by atoms with Crippen molar-refractivity contribution in [1.82, 2.24) is 14.8 Å². The van der Waals surface area contributed by atoms with E-state index >= 15 is 0 Å². The summed E-state index contributed by atoms with van der Waals surface area (Å²) >= 11 is 1.27. The minimum absolute atomic E-state index is 0.159. The molecular weight excluding hydrogens is 360 g/mol. The Morgan fingerprint density at radius 1 is 1.19 bits per heavy atom. The fourth-order valence-electron chi connectivity index (χ4n) is 2.66. The molecule has 0 bridgehead atoms. The van der Waals surface area contributed by atoms with Crippen LogP contribution in [0.15, 0.2) is 64.5 Å². The number of nitrogens with one attached hydrogen (secondary N) is 2. The van der Waals surface area contributed by atoms with Crippen LogP contribution in [-0.4, -0.2) is 20.7 Å². The number of nitrogens with zero attached hydrogens (tertiary/aromatic N) is 2. The van der Waals surface area contributed by atoms with Gasteiger partial charge in [0.25, 0.3) is 0 Å². The van der Waals surface area contributed by atoms with Gasteiger partial charge < -0.3 is 5.32 Å². The zero-order chi connectivity index (χ0) is 19.2. The number of hydrogen-bond donors (Lipinski definition) is 2. The van der Waals surface area contributed by atoms with E-state index in [0.29, 0.717) is 11.7 Å². The summed E-state index contributed by atoms with van der Waals surface area (Å²) in [6.45, 7) is 4.55. The van der Waals surface area contributed by atoms with Gasteiger partial charge in [-0.25, -0.2) is 9.89 Å². The van der Waals surface area contributed by atoms with Crippen LogP contribution >= 0.6 is 11.8 Å². The second kappa shape index (κ2) is 8.73. The van der Waals surface area contributed by atoms with Gasteiger partial charge in [-0.2, -0.15) is 0 Å². The highest BCUT2D eigenvalue weighted by atomic mass is 32.2. The van der Waals surface area contributed by atoms with Crippen molar-refractivity contribution in [3.05, 3.63) is 76.2 Å². The van der Waals surface area contributed by atoms with Gasteiger partial charge in [-0.15, -0.1) is 5.10 Å². The first-order valence-corrected chi connectivity index (χ1v) is 9.70. The molecule has 2 N–H and O–H groups in total. The summed E-state index contributed by atoms with van der Waals surface area (Å²) in [5.74, 6) is -0.159. The van der Waals surface area contributed by atoms with Gasteiger partial charge >= 0.3 is 5.69 Å². The van der Waals surface area contributed by atoms with Crippen LogP contribution in [0.25, 0.3) is 0 Å². The Morgan fingerprint density at radius 3 is 2.56 bits per heavy atom. The standard InChI is InChI=1S/C20H22N4O2S/c1-3-13-24-19(26)22-23-20(24)27-17(15-7-5-4-6-8-15)18(25)21-16-11-9-14(2)10-12-16/h4-12,17H,3,13H2,1-2H3,(H,21,25)(H,22,26)/t17-/m0/s1. The van der Waals surface area contributed by atoms with Crippen LogP contribution in [0, 0.1) is 6.92 Å². The Morgan fingerprint density at radius 2 is 1.89 bits per heavy atom. The van der Waals surface area contributed by atoms with Crippen molar-refractivity contribution in [3.8, 4) is 0 Å². The van der Waals surface area contributed by atoms with Crippen LogP contribution < -0.4 is 11.0 Å². The molecule has 1 atom stereocenters. The molecule has 3 aromatic rings. The quantitative estimate of drug-likeness (QED) is 0.610. The number of carbonyl (C=O) groups is 1. The highest BCUT2D eigenvalue weighted by Crippen LogP contribution is 2.34. The van der Waals surface area contributed by atoms with Gasteiger partial charge in [0.15, 0.2) is 5.16 Å². The third-order valence-corrected chi connectivity index (χ3v) is 5.30. The Kier molecular flexibility index (Phi) is 6.13. The number of aromatic amines is 1. The van der Waals surface area contributed by atoms with E-state index in [4.69, 9.17) is 0 Å². The van der Waals surface area contributed by atoms with E-state index in [9.17, 15) is 9.59 Å². The molecule has 0 fully saturated rings. The lowest BCUT2D eigenvalue weighted by atomic mass is 10.1. The van der Waals surface area contributed by atoms with Gasteiger partial charge in [0.05, 0.1) is 0 Å². The largest absolute Gasteiger partial charge is 0.343 e. The molecule has 0 unspecified atom stereocenters.